The number of aromatic amines is 1. The molecule has 1 saturated carbocycles. The number of benzene rings is 1. The number of fused-ring (bicyclic) bond motifs is 3. The number of hydrogen-bond donors (Lipinski definition) is 3. The Hall–Kier alpha value is -3.22. The monoisotopic (exact) mass is 349 g/mol. The van der Waals surface area contributed by atoms with Crippen molar-refractivity contribution < 1.29 is 9.84 Å². The van der Waals surface area contributed by atoms with Crippen LogP contribution in [0.4, 0.5) is 11.5 Å². The summed E-state index contributed by atoms with van der Waals surface area (Å²) in [6.07, 6.45) is 6.03. The maximum absolute atomic E-state index is 10.0. The second kappa shape index (κ2) is 5.39. The number of ether oxygens (including phenoxy) is 1. The van der Waals surface area contributed by atoms with E-state index in [1.807, 2.05) is 17.8 Å². The zero-order valence-electron chi connectivity index (χ0n) is 14.6. The Bertz CT molecular complexity index is 1140. The summed E-state index contributed by atoms with van der Waals surface area (Å²) in [5.74, 6) is 2.08. The fourth-order valence-electron chi connectivity index (χ4n) is 3.45. The first-order valence-electron chi connectivity index (χ1n) is 8.61. The molecule has 0 radical (unpaired) electrons. The van der Waals surface area contributed by atoms with Gasteiger partial charge in [0.2, 0.25) is 0 Å². The molecule has 132 valence electrons. The molecule has 7 heteroatoms. The van der Waals surface area contributed by atoms with Crippen LogP contribution < -0.4 is 10.1 Å². The fraction of sp³-hybridized carbons (Fsp3) is 0.263. The molecule has 0 atom stereocenters. The largest absolute Gasteiger partial charge is 0.504 e. The number of anilines is 2. The molecule has 5 rings (SSSR count). The first kappa shape index (κ1) is 15.1. The number of phenolic OH excluding ortho intramolecular Hbond substituents is 1. The average Bonchev–Trinajstić information content (AvgIpc) is 3.32. The summed E-state index contributed by atoms with van der Waals surface area (Å²) in [7, 11) is 3.49. The van der Waals surface area contributed by atoms with Gasteiger partial charge in [0.05, 0.1) is 41.9 Å². The van der Waals surface area contributed by atoms with Crippen molar-refractivity contribution in [3.05, 3.63) is 36.3 Å². The molecule has 1 fully saturated rings. The SMILES string of the molecule is COc1cc2c(cc1O)[nH]c1cncc(Nc3cc(C4CC4)nn3C)c12. The van der Waals surface area contributed by atoms with E-state index >= 15 is 0 Å². The fourth-order valence-corrected chi connectivity index (χ4v) is 3.45. The lowest BCUT2D eigenvalue weighted by Gasteiger charge is -2.08. The van der Waals surface area contributed by atoms with Crippen LogP contribution >= 0.6 is 0 Å². The highest BCUT2D eigenvalue weighted by atomic mass is 16.5. The second-order valence-electron chi connectivity index (χ2n) is 6.78. The minimum Gasteiger partial charge on any atom is -0.504 e. The summed E-state index contributed by atoms with van der Waals surface area (Å²) in [5, 5.41) is 20.1. The van der Waals surface area contributed by atoms with E-state index in [4.69, 9.17) is 4.74 Å². The van der Waals surface area contributed by atoms with Gasteiger partial charge in [0, 0.05) is 35.9 Å². The highest BCUT2D eigenvalue weighted by Crippen LogP contribution is 2.41. The van der Waals surface area contributed by atoms with Crippen LogP contribution in [-0.4, -0.2) is 32.0 Å². The first-order valence-corrected chi connectivity index (χ1v) is 8.61. The van der Waals surface area contributed by atoms with Crippen LogP contribution in [0.5, 0.6) is 11.5 Å². The smallest absolute Gasteiger partial charge is 0.161 e. The maximum atomic E-state index is 10.0. The Balaban J connectivity index is 1.66. The molecular weight excluding hydrogens is 330 g/mol. The van der Waals surface area contributed by atoms with E-state index in [2.05, 4.69) is 26.4 Å². The van der Waals surface area contributed by atoms with E-state index in [-0.39, 0.29) is 5.75 Å². The van der Waals surface area contributed by atoms with Gasteiger partial charge in [-0.25, -0.2) is 0 Å². The molecule has 3 N–H and O–H groups in total. The van der Waals surface area contributed by atoms with Crippen LogP contribution in [0.25, 0.3) is 21.8 Å². The zero-order valence-corrected chi connectivity index (χ0v) is 14.6. The molecule has 1 aromatic carbocycles. The molecule has 0 unspecified atom stereocenters. The molecule has 0 amide bonds. The molecule has 0 aliphatic heterocycles. The number of hydrogen-bond acceptors (Lipinski definition) is 5. The van der Waals surface area contributed by atoms with E-state index in [0.29, 0.717) is 11.7 Å². The van der Waals surface area contributed by atoms with Crippen LogP contribution in [0.3, 0.4) is 0 Å². The average molecular weight is 349 g/mol. The molecular formula is C19H19N5O2. The summed E-state index contributed by atoms with van der Waals surface area (Å²) in [6.45, 7) is 0. The quantitative estimate of drug-likeness (QED) is 0.522. The molecule has 1 aliphatic carbocycles. The molecule has 3 aromatic heterocycles. The lowest BCUT2D eigenvalue weighted by Crippen LogP contribution is -2.00. The number of rotatable bonds is 4. The van der Waals surface area contributed by atoms with Gasteiger partial charge >= 0.3 is 0 Å². The zero-order chi connectivity index (χ0) is 17.8. The number of nitrogens with zero attached hydrogens (tertiary/aromatic N) is 3. The molecule has 0 bridgehead atoms. The van der Waals surface area contributed by atoms with E-state index in [1.165, 1.54) is 12.8 Å². The number of aromatic hydroxyl groups is 1. The predicted molar refractivity (Wildman–Crippen MR) is 100 cm³/mol. The molecule has 26 heavy (non-hydrogen) atoms. The molecule has 4 aromatic rings. The van der Waals surface area contributed by atoms with Gasteiger partial charge in [-0.15, -0.1) is 0 Å². The van der Waals surface area contributed by atoms with Gasteiger partial charge in [0.15, 0.2) is 11.5 Å². The van der Waals surface area contributed by atoms with Crippen LogP contribution in [0, 0.1) is 0 Å². The topological polar surface area (TPSA) is 88.0 Å². The molecule has 1 aliphatic rings. The maximum Gasteiger partial charge on any atom is 0.161 e. The summed E-state index contributed by atoms with van der Waals surface area (Å²) in [4.78, 5) is 7.64. The van der Waals surface area contributed by atoms with Crippen LogP contribution in [-0.2, 0) is 7.05 Å². The van der Waals surface area contributed by atoms with Gasteiger partial charge in [-0.1, -0.05) is 0 Å². The van der Waals surface area contributed by atoms with Crippen LogP contribution in [0.1, 0.15) is 24.5 Å². The minimum atomic E-state index is 0.106. The third kappa shape index (κ3) is 2.28. The van der Waals surface area contributed by atoms with Crippen LogP contribution in [0.15, 0.2) is 30.6 Å². The highest BCUT2D eigenvalue weighted by Gasteiger charge is 2.27. The summed E-state index contributed by atoms with van der Waals surface area (Å²) < 4.78 is 7.14. The number of methoxy groups -OCH3 is 1. The first-order chi connectivity index (χ1) is 12.6. The van der Waals surface area contributed by atoms with E-state index in [1.54, 1.807) is 25.6 Å². The number of H-pyrrole nitrogens is 1. The number of nitrogens with one attached hydrogen (secondary N) is 2. The molecule has 0 spiro atoms. The van der Waals surface area contributed by atoms with Crippen molar-refractivity contribution in [1.29, 1.82) is 0 Å². The number of phenols is 1. The summed E-state index contributed by atoms with van der Waals surface area (Å²) in [6, 6.07) is 5.62. The van der Waals surface area contributed by atoms with Crippen LogP contribution in [0.2, 0.25) is 0 Å². The lowest BCUT2D eigenvalue weighted by molar-refractivity contribution is 0.374. The number of aryl methyl sites for hydroxylation is 1. The molecule has 0 saturated heterocycles. The van der Waals surface area contributed by atoms with Crippen molar-refractivity contribution >= 4 is 33.3 Å². The Labute approximate surface area is 149 Å². The van der Waals surface area contributed by atoms with Gasteiger partial charge in [0.1, 0.15) is 5.82 Å². The van der Waals surface area contributed by atoms with Gasteiger partial charge < -0.3 is 20.1 Å². The molecule has 3 heterocycles. The Morgan fingerprint density at radius 3 is 2.85 bits per heavy atom. The van der Waals surface area contributed by atoms with Gasteiger partial charge in [-0.2, -0.15) is 5.10 Å². The highest BCUT2D eigenvalue weighted by molar-refractivity contribution is 6.14. The Kier molecular flexibility index (Phi) is 3.12. The summed E-state index contributed by atoms with van der Waals surface area (Å²) >= 11 is 0. The van der Waals surface area contributed by atoms with Crippen molar-refractivity contribution in [3.63, 3.8) is 0 Å². The van der Waals surface area contributed by atoms with Crippen molar-refractivity contribution in [1.82, 2.24) is 19.7 Å². The van der Waals surface area contributed by atoms with E-state index in [0.717, 1.165) is 39.0 Å². The Morgan fingerprint density at radius 1 is 1.23 bits per heavy atom. The van der Waals surface area contributed by atoms with Crippen molar-refractivity contribution in [2.45, 2.75) is 18.8 Å². The van der Waals surface area contributed by atoms with Crippen molar-refractivity contribution in [2.75, 3.05) is 12.4 Å². The lowest BCUT2D eigenvalue weighted by atomic mass is 10.1. The minimum absolute atomic E-state index is 0.106. The predicted octanol–water partition coefficient (Wildman–Crippen LogP) is 3.78. The number of pyridine rings is 1. The second-order valence-corrected chi connectivity index (χ2v) is 6.78. The number of aromatic nitrogens is 4. The third-order valence-corrected chi connectivity index (χ3v) is 4.96. The van der Waals surface area contributed by atoms with Crippen molar-refractivity contribution in [3.8, 4) is 11.5 Å². The van der Waals surface area contributed by atoms with Gasteiger partial charge in [0.25, 0.3) is 0 Å². The normalized spacial score (nSPS) is 14.2. The standard InChI is InChI=1S/C19H19N5O2/c1-24-18(7-12(23-24)10-3-4-10)22-15-9-20-8-14-19(15)11-5-17(26-2)16(25)6-13(11)21-14/h5-10,21-22,25H,3-4H2,1-2H3. The molecule has 7 nitrogen and oxygen atoms in total. The van der Waals surface area contributed by atoms with E-state index < -0.39 is 0 Å². The van der Waals surface area contributed by atoms with Gasteiger partial charge in [-0.3, -0.25) is 9.67 Å². The van der Waals surface area contributed by atoms with Gasteiger partial charge in [-0.05, 0) is 18.9 Å². The summed E-state index contributed by atoms with van der Waals surface area (Å²) in [5.41, 5.74) is 3.74. The Morgan fingerprint density at radius 2 is 2.08 bits per heavy atom. The third-order valence-electron chi connectivity index (χ3n) is 4.96. The van der Waals surface area contributed by atoms with Crippen molar-refractivity contribution in [2.24, 2.45) is 7.05 Å². The van der Waals surface area contributed by atoms with E-state index in [9.17, 15) is 5.11 Å².